The second-order valence-corrected chi connectivity index (χ2v) is 3.56. The highest BCUT2D eigenvalue weighted by atomic mass is 16.5. The lowest BCUT2D eigenvalue weighted by Gasteiger charge is -2.18. The number of methoxy groups -OCH3 is 2. The van der Waals surface area contributed by atoms with Crippen molar-refractivity contribution in [3.05, 3.63) is 35.9 Å². The largest absolute Gasteiger partial charge is 0.493 e. The molecular weight excluding hydrogens is 204 g/mol. The Labute approximate surface area is 96.3 Å². The molecule has 1 N–H and O–H groups in total. The average molecular weight is 222 g/mol. The molecule has 1 unspecified atom stereocenters. The van der Waals surface area contributed by atoms with E-state index in [2.05, 4.69) is 6.58 Å². The van der Waals surface area contributed by atoms with E-state index >= 15 is 0 Å². The highest BCUT2D eigenvalue weighted by Gasteiger charge is 2.17. The van der Waals surface area contributed by atoms with Gasteiger partial charge in [-0.2, -0.15) is 0 Å². The highest BCUT2D eigenvalue weighted by molar-refractivity contribution is 5.53. The zero-order valence-electron chi connectivity index (χ0n) is 9.99. The first-order valence-electron chi connectivity index (χ1n) is 5.16. The molecule has 0 aliphatic rings. The van der Waals surface area contributed by atoms with Gasteiger partial charge in [0.1, 0.15) is 0 Å². The summed E-state index contributed by atoms with van der Waals surface area (Å²) in [5.74, 6) is 1.44. The van der Waals surface area contributed by atoms with E-state index < -0.39 is 0 Å². The van der Waals surface area contributed by atoms with Gasteiger partial charge in [0.2, 0.25) is 0 Å². The molecule has 0 saturated carbocycles. The van der Waals surface area contributed by atoms with Gasteiger partial charge in [-0.05, 0) is 11.6 Å². The molecule has 3 nitrogen and oxygen atoms in total. The lowest BCUT2D eigenvalue weighted by Crippen LogP contribution is -2.03. The Balaban J connectivity index is 3.42. The van der Waals surface area contributed by atoms with Crippen LogP contribution in [0.2, 0.25) is 0 Å². The molecule has 1 atom stereocenters. The lowest BCUT2D eigenvalue weighted by atomic mass is 9.94. The van der Waals surface area contributed by atoms with Crippen molar-refractivity contribution in [2.24, 2.45) is 0 Å². The maximum Gasteiger partial charge on any atom is 0.164 e. The molecule has 1 aromatic carbocycles. The van der Waals surface area contributed by atoms with Crippen LogP contribution in [-0.4, -0.2) is 19.3 Å². The molecule has 0 radical (unpaired) electrons. The predicted octanol–water partition coefficient (Wildman–Crippen LogP) is 2.49. The van der Waals surface area contributed by atoms with E-state index in [0.717, 1.165) is 11.1 Å². The Kier molecular flexibility index (Phi) is 4.38. The van der Waals surface area contributed by atoms with Gasteiger partial charge in [-0.3, -0.25) is 0 Å². The highest BCUT2D eigenvalue weighted by Crippen LogP contribution is 2.38. The molecule has 0 fully saturated rings. The monoisotopic (exact) mass is 222 g/mol. The van der Waals surface area contributed by atoms with Gasteiger partial charge in [0.05, 0.1) is 20.8 Å². The molecule has 0 saturated heterocycles. The van der Waals surface area contributed by atoms with Gasteiger partial charge in [0.25, 0.3) is 0 Å². The molecule has 1 aromatic rings. The molecule has 88 valence electrons. The predicted molar refractivity (Wildman–Crippen MR) is 64.1 cm³/mol. The van der Waals surface area contributed by atoms with Crippen molar-refractivity contribution in [3.63, 3.8) is 0 Å². The van der Waals surface area contributed by atoms with Crippen LogP contribution in [0.25, 0.3) is 0 Å². The van der Waals surface area contributed by atoms with Crippen LogP contribution < -0.4 is 9.47 Å². The number of allylic oxidation sites excluding steroid dienone is 1. The maximum atomic E-state index is 9.32. The van der Waals surface area contributed by atoms with E-state index in [4.69, 9.17) is 9.47 Å². The Bertz CT molecular complexity index is 372. The number of ether oxygens (including phenoxy) is 2. The minimum absolute atomic E-state index is 0.0200. The minimum atomic E-state index is -0.0200. The van der Waals surface area contributed by atoms with E-state index in [1.54, 1.807) is 20.3 Å². The third-order valence-electron chi connectivity index (χ3n) is 2.65. The summed E-state index contributed by atoms with van der Waals surface area (Å²) in [4.78, 5) is 0. The normalized spacial score (nSPS) is 12.0. The molecule has 0 aliphatic heterocycles. The Morgan fingerprint density at radius 3 is 2.50 bits per heavy atom. The van der Waals surface area contributed by atoms with Crippen LogP contribution in [0.1, 0.15) is 24.0 Å². The van der Waals surface area contributed by atoms with Gasteiger partial charge < -0.3 is 14.6 Å². The second-order valence-electron chi connectivity index (χ2n) is 3.56. The summed E-state index contributed by atoms with van der Waals surface area (Å²) in [5, 5.41) is 9.32. The quantitative estimate of drug-likeness (QED) is 0.778. The fourth-order valence-corrected chi connectivity index (χ4v) is 1.75. The van der Waals surface area contributed by atoms with E-state index in [-0.39, 0.29) is 12.5 Å². The molecule has 0 heterocycles. The number of aliphatic hydroxyl groups is 1. The number of aliphatic hydroxyl groups excluding tert-OH is 1. The zero-order chi connectivity index (χ0) is 12.1. The second kappa shape index (κ2) is 5.56. The fraction of sp³-hybridized carbons (Fsp3) is 0.385. The van der Waals surface area contributed by atoms with Gasteiger partial charge >= 0.3 is 0 Å². The summed E-state index contributed by atoms with van der Waals surface area (Å²) >= 11 is 0. The van der Waals surface area contributed by atoms with Crippen molar-refractivity contribution >= 4 is 0 Å². The fourth-order valence-electron chi connectivity index (χ4n) is 1.75. The minimum Gasteiger partial charge on any atom is -0.493 e. The topological polar surface area (TPSA) is 38.7 Å². The standard InChI is InChI=1S/C13H18O3/c1-5-9(2)12-10(8-14)6-7-11(15-3)13(12)16-4/h5-7,9,14H,1,8H2,2-4H3. The van der Waals surface area contributed by atoms with Crippen LogP contribution in [0.15, 0.2) is 24.8 Å². The van der Waals surface area contributed by atoms with E-state index in [1.807, 2.05) is 19.1 Å². The summed E-state index contributed by atoms with van der Waals surface area (Å²) in [7, 11) is 3.19. The van der Waals surface area contributed by atoms with Crippen molar-refractivity contribution in [1.82, 2.24) is 0 Å². The van der Waals surface area contributed by atoms with Gasteiger partial charge in [-0.1, -0.05) is 19.1 Å². The van der Waals surface area contributed by atoms with Gasteiger partial charge in [0, 0.05) is 11.5 Å². The summed E-state index contributed by atoms with van der Waals surface area (Å²) in [6.07, 6.45) is 1.82. The summed E-state index contributed by atoms with van der Waals surface area (Å²) < 4.78 is 10.6. The zero-order valence-corrected chi connectivity index (χ0v) is 9.99. The van der Waals surface area contributed by atoms with Crippen LogP contribution in [0.5, 0.6) is 11.5 Å². The molecule has 0 aliphatic carbocycles. The Morgan fingerprint density at radius 1 is 1.38 bits per heavy atom. The number of rotatable bonds is 5. The van der Waals surface area contributed by atoms with Crippen molar-refractivity contribution in [3.8, 4) is 11.5 Å². The molecule has 1 rings (SSSR count). The van der Waals surface area contributed by atoms with Crippen LogP contribution in [0.3, 0.4) is 0 Å². The Hall–Kier alpha value is -1.48. The molecule has 0 aromatic heterocycles. The van der Waals surface area contributed by atoms with Crippen molar-refractivity contribution < 1.29 is 14.6 Å². The van der Waals surface area contributed by atoms with E-state index in [0.29, 0.717) is 11.5 Å². The smallest absolute Gasteiger partial charge is 0.164 e. The van der Waals surface area contributed by atoms with Crippen molar-refractivity contribution in [2.75, 3.05) is 14.2 Å². The number of hydrogen-bond acceptors (Lipinski definition) is 3. The van der Waals surface area contributed by atoms with Crippen LogP contribution in [0, 0.1) is 0 Å². The van der Waals surface area contributed by atoms with E-state index in [9.17, 15) is 5.11 Å². The van der Waals surface area contributed by atoms with Crippen molar-refractivity contribution in [2.45, 2.75) is 19.4 Å². The van der Waals surface area contributed by atoms with Crippen LogP contribution >= 0.6 is 0 Å². The van der Waals surface area contributed by atoms with Crippen molar-refractivity contribution in [1.29, 1.82) is 0 Å². The molecule has 3 heteroatoms. The lowest BCUT2D eigenvalue weighted by molar-refractivity contribution is 0.278. The SMILES string of the molecule is C=CC(C)c1c(CO)ccc(OC)c1OC. The molecule has 0 bridgehead atoms. The third kappa shape index (κ3) is 2.19. The van der Waals surface area contributed by atoms with Gasteiger partial charge in [-0.15, -0.1) is 6.58 Å². The molecule has 0 spiro atoms. The first-order valence-corrected chi connectivity index (χ1v) is 5.16. The van der Waals surface area contributed by atoms with Gasteiger partial charge in [0.15, 0.2) is 11.5 Å². The van der Waals surface area contributed by atoms with Gasteiger partial charge in [-0.25, -0.2) is 0 Å². The third-order valence-corrected chi connectivity index (χ3v) is 2.65. The van der Waals surface area contributed by atoms with E-state index in [1.165, 1.54) is 0 Å². The first-order chi connectivity index (χ1) is 7.69. The summed E-state index contributed by atoms with van der Waals surface area (Å²) in [6, 6.07) is 3.64. The molecule has 16 heavy (non-hydrogen) atoms. The summed E-state index contributed by atoms with van der Waals surface area (Å²) in [5.41, 5.74) is 1.77. The number of hydrogen-bond donors (Lipinski definition) is 1. The maximum absolute atomic E-state index is 9.32. The van der Waals surface area contributed by atoms with Crippen LogP contribution in [0.4, 0.5) is 0 Å². The molecule has 0 amide bonds. The summed E-state index contributed by atoms with van der Waals surface area (Å²) in [6.45, 7) is 5.75. The number of benzene rings is 1. The first kappa shape index (κ1) is 12.6. The Morgan fingerprint density at radius 2 is 2.06 bits per heavy atom. The molecular formula is C13H18O3. The average Bonchev–Trinajstić information content (AvgIpc) is 2.35. The van der Waals surface area contributed by atoms with Crippen LogP contribution in [-0.2, 0) is 6.61 Å².